The van der Waals surface area contributed by atoms with Crippen LogP contribution in [0.1, 0.15) is 45.1 Å². The molecule has 1 aromatic rings. The number of hydrogen-bond acceptors (Lipinski definition) is 3. The number of allylic oxidation sites excluding steroid dienone is 1. The molecule has 23 heavy (non-hydrogen) atoms. The molecule has 2 aliphatic rings. The molecule has 3 heteroatoms. The van der Waals surface area contributed by atoms with Gasteiger partial charge in [-0.25, -0.2) is 0 Å². The second-order valence-electron chi connectivity index (χ2n) is 7.27. The van der Waals surface area contributed by atoms with Crippen molar-refractivity contribution in [1.82, 2.24) is 15.5 Å². The summed E-state index contributed by atoms with van der Waals surface area (Å²) in [5.41, 5.74) is 3.02. The lowest BCUT2D eigenvalue weighted by Crippen LogP contribution is -2.49. The third kappa shape index (κ3) is 3.37. The normalized spacial score (nSPS) is 22.7. The van der Waals surface area contributed by atoms with Gasteiger partial charge in [-0.3, -0.25) is 15.5 Å². The summed E-state index contributed by atoms with van der Waals surface area (Å²) >= 11 is 0. The maximum absolute atomic E-state index is 3.66. The summed E-state index contributed by atoms with van der Waals surface area (Å²) in [5, 5.41) is 7.32. The number of hydrogen-bond donors (Lipinski definition) is 2. The lowest BCUT2D eigenvalue weighted by molar-refractivity contribution is 0.179. The highest BCUT2D eigenvalue weighted by atomic mass is 15.2. The minimum Gasteiger partial charge on any atom is -0.300 e. The summed E-state index contributed by atoms with van der Waals surface area (Å²) in [4.78, 5) is 2.66. The van der Waals surface area contributed by atoms with E-state index in [0.29, 0.717) is 12.1 Å². The van der Waals surface area contributed by atoms with Crippen LogP contribution in [0.3, 0.4) is 0 Å². The predicted molar refractivity (Wildman–Crippen MR) is 97.6 cm³/mol. The van der Waals surface area contributed by atoms with E-state index in [-0.39, 0.29) is 5.54 Å². The monoisotopic (exact) mass is 313 g/mol. The maximum atomic E-state index is 3.66. The van der Waals surface area contributed by atoms with Gasteiger partial charge in [0.15, 0.2) is 0 Å². The van der Waals surface area contributed by atoms with Crippen molar-refractivity contribution in [3.05, 3.63) is 47.5 Å². The largest absolute Gasteiger partial charge is 0.300 e. The van der Waals surface area contributed by atoms with E-state index in [4.69, 9.17) is 0 Å². The number of likely N-dealkylation sites (tertiary alicyclic amines) is 1. The Morgan fingerprint density at radius 2 is 1.74 bits per heavy atom. The van der Waals surface area contributed by atoms with Crippen LogP contribution < -0.4 is 10.6 Å². The van der Waals surface area contributed by atoms with Crippen LogP contribution in [-0.2, 0) is 0 Å². The number of rotatable bonds is 5. The minimum absolute atomic E-state index is 0.0949. The quantitative estimate of drug-likeness (QED) is 0.818. The van der Waals surface area contributed by atoms with E-state index >= 15 is 0 Å². The molecule has 0 bridgehead atoms. The van der Waals surface area contributed by atoms with E-state index < -0.39 is 0 Å². The highest BCUT2D eigenvalue weighted by Gasteiger charge is 2.39. The van der Waals surface area contributed by atoms with Gasteiger partial charge in [0.25, 0.3) is 0 Å². The average molecular weight is 313 g/mol. The zero-order valence-corrected chi connectivity index (χ0v) is 14.8. The standard InChI is InChI=1S/C20H31N3/c1-4-17(20(2,3)23-14-8-9-15-23)18(19-21-12-13-22-19)16-10-6-5-7-11-16/h4-7,10-11,18-19,21-22H,8-9,12-15H2,1-3H3. The molecule has 2 fully saturated rings. The number of nitrogens with zero attached hydrogens (tertiary/aromatic N) is 1. The van der Waals surface area contributed by atoms with E-state index in [0.717, 1.165) is 13.1 Å². The zero-order chi connectivity index (χ0) is 16.3. The van der Waals surface area contributed by atoms with Gasteiger partial charge in [-0.15, -0.1) is 0 Å². The van der Waals surface area contributed by atoms with Gasteiger partial charge < -0.3 is 0 Å². The molecule has 0 aliphatic carbocycles. The van der Waals surface area contributed by atoms with Gasteiger partial charge in [-0.2, -0.15) is 0 Å². The Hall–Kier alpha value is -1.16. The Morgan fingerprint density at radius 1 is 1.13 bits per heavy atom. The van der Waals surface area contributed by atoms with Gasteiger partial charge in [0, 0.05) is 24.5 Å². The molecular weight excluding hydrogens is 282 g/mol. The van der Waals surface area contributed by atoms with Crippen LogP contribution in [0.25, 0.3) is 0 Å². The van der Waals surface area contributed by atoms with E-state index in [1.54, 1.807) is 0 Å². The SMILES string of the molecule is CC=C(C(c1ccccc1)C1NCCN1)C(C)(C)N1CCCC1. The van der Waals surface area contributed by atoms with Crippen molar-refractivity contribution in [1.29, 1.82) is 0 Å². The molecule has 3 nitrogen and oxygen atoms in total. The van der Waals surface area contributed by atoms with Crippen molar-refractivity contribution in [2.75, 3.05) is 26.2 Å². The average Bonchev–Trinajstić information content (AvgIpc) is 3.26. The smallest absolute Gasteiger partial charge is 0.0682 e. The fraction of sp³-hybridized carbons (Fsp3) is 0.600. The van der Waals surface area contributed by atoms with Gasteiger partial charge in [0.2, 0.25) is 0 Å². The Kier molecular flexibility index (Phi) is 5.20. The molecule has 0 aromatic heterocycles. The molecule has 0 amide bonds. The van der Waals surface area contributed by atoms with Gasteiger partial charge in [-0.1, -0.05) is 36.4 Å². The Balaban J connectivity index is 1.96. The molecule has 0 saturated carbocycles. The molecule has 2 heterocycles. The minimum atomic E-state index is 0.0949. The summed E-state index contributed by atoms with van der Waals surface area (Å²) in [5.74, 6) is 0.374. The van der Waals surface area contributed by atoms with Gasteiger partial charge in [0.05, 0.1) is 6.17 Å². The third-order valence-electron chi connectivity index (χ3n) is 5.59. The van der Waals surface area contributed by atoms with Crippen LogP contribution in [0.2, 0.25) is 0 Å². The first-order chi connectivity index (χ1) is 11.1. The fourth-order valence-corrected chi connectivity index (χ4v) is 4.35. The highest BCUT2D eigenvalue weighted by Crippen LogP contribution is 2.39. The Morgan fingerprint density at radius 3 is 2.30 bits per heavy atom. The van der Waals surface area contributed by atoms with Crippen molar-refractivity contribution in [2.24, 2.45) is 0 Å². The van der Waals surface area contributed by atoms with Gasteiger partial charge >= 0.3 is 0 Å². The fourth-order valence-electron chi connectivity index (χ4n) is 4.35. The van der Waals surface area contributed by atoms with Crippen LogP contribution in [-0.4, -0.2) is 42.8 Å². The summed E-state index contributed by atoms with van der Waals surface area (Å²) in [6.07, 6.45) is 5.34. The van der Waals surface area contributed by atoms with Crippen molar-refractivity contribution >= 4 is 0 Å². The summed E-state index contributed by atoms with van der Waals surface area (Å²) in [6.45, 7) is 11.5. The van der Waals surface area contributed by atoms with Gasteiger partial charge in [0.1, 0.15) is 0 Å². The molecule has 0 spiro atoms. The Labute approximate surface area is 141 Å². The van der Waals surface area contributed by atoms with Crippen LogP contribution in [0.5, 0.6) is 0 Å². The summed E-state index contributed by atoms with van der Waals surface area (Å²) in [6, 6.07) is 11.0. The van der Waals surface area contributed by atoms with Crippen molar-refractivity contribution in [3.8, 4) is 0 Å². The van der Waals surface area contributed by atoms with E-state index in [1.165, 1.54) is 37.1 Å². The second kappa shape index (κ2) is 7.16. The van der Waals surface area contributed by atoms with Crippen LogP contribution in [0.15, 0.2) is 42.0 Å². The molecule has 2 N–H and O–H groups in total. The van der Waals surface area contributed by atoms with E-state index in [2.05, 4.69) is 72.7 Å². The summed E-state index contributed by atoms with van der Waals surface area (Å²) < 4.78 is 0. The van der Waals surface area contributed by atoms with Crippen molar-refractivity contribution in [2.45, 2.75) is 51.2 Å². The van der Waals surface area contributed by atoms with E-state index in [1.807, 2.05) is 0 Å². The topological polar surface area (TPSA) is 27.3 Å². The maximum Gasteiger partial charge on any atom is 0.0682 e. The number of nitrogens with one attached hydrogen (secondary N) is 2. The first-order valence-corrected chi connectivity index (χ1v) is 9.08. The molecule has 0 radical (unpaired) electrons. The first-order valence-electron chi connectivity index (χ1n) is 9.08. The summed E-state index contributed by atoms with van der Waals surface area (Å²) in [7, 11) is 0. The van der Waals surface area contributed by atoms with Crippen LogP contribution in [0.4, 0.5) is 0 Å². The third-order valence-corrected chi connectivity index (χ3v) is 5.59. The molecule has 1 atom stereocenters. The van der Waals surface area contributed by atoms with Crippen LogP contribution >= 0.6 is 0 Å². The molecule has 126 valence electrons. The molecule has 2 saturated heterocycles. The zero-order valence-electron chi connectivity index (χ0n) is 14.8. The first kappa shape index (κ1) is 16.7. The highest BCUT2D eigenvalue weighted by molar-refractivity contribution is 5.36. The van der Waals surface area contributed by atoms with Crippen molar-refractivity contribution < 1.29 is 0 Å². The van der Waals surface area contributed by atoms with Crippen molar-refractivity contribution in [3.63, 3.8) is 0 Å². The second-order valence-corrected chi connectivity index (χ2v) is 7.27. The Bertz CT molecular complexity index is 523. The lowest BCUT2D eigenvalue weighted by Gasteiger charge is -2.43. The lowest BCUT2D eigenvalue weighted by atomic mass is 9.77. The predicted octanol–water partition coefficient (Wildman–Crippen LogP) is 3.11. The molecule has 2 aliphatic heterocycles. The molecule has 1 aromatic carbocycles. The number of benzene rings is 1. The molecule has 1 unspecified atom stereocenters. The molecular formula is C20H31N3. The van der Waals surface area contributed by atoms with Crippen LogP contribution in [0, 0.1) is 0 Å². The molecule has 3 rings (SSSR count). The van der Waals surface area contributed by atoms with Gasteiger partial charge in [-0.05, 0) is 57.8 Å². The van der Waals surface area contributed by atoms with E-state index in [9.17, 15) is 0 Å².